The Balaban J connectivity index is 1.86. The van der Waals surface area contributed by atoms with E-state index in [1.807, 2.05) is 13.0 Å². The number of hydrogen-bond donors (Lipinski definition) is 1. The fourth-order valence-electron chi connectivity index (χ4n) is 2.46. The summed E-state index contributed by atoms with van der Waals surface area (Å²) < 4.78 is 38.9. The van der Waals surface area contributed by atoms with Crippen LogP contribution < -0.4 is 5.43 Å². The molecule has 1 heterocycles. The van der Waals surface area contributed by atoms with Crippen LogP contribution in [0.25, 0.3) is 10.9 Å². The van der Waals surface area contributed by atoms with E-state index < -0.39 is 11.7 Å². The van der Waals surface area contributed by atoms with E-state index in [9.17, 15) is 13.2 Å². The Labute approximate surface area is 147 Å². The first kappa shape index (κ1) is 17.2. The summed E-state index contributed by atoms with van der Waals surface area (Å²) in [4.78, 5) is 4.37. The molecule has 0 radical (unpaired) electrons. The number of fused-ring (bicyclic) bond motifs is 1. The number of hydrogen-bond acceptors (Lipinski definition) is 3. The molecule has 2 aromatic carbocycles. The number of rotatable bonds is 3. The lowest BCUT2D eigenvalue weighted by Crippen LogP contribution is -2.09. The fourth-order valence-corrected chi connectivity index (χ4v) is 2.63. The minimum atomic E-state index is -4.43. The summed E-state index contributed by atoms with van der Waals surface area (Å²) in [7, 11) is 0. The van der Waals surface area contributed by atoms with E-state index in [4.69, 9.17) is 11.6 Å². The maximum absolute atomic E-state index is 13.0. The van der Waals surface area contributed by atoms with E-state index in [1.54, 1.807) is 18.2 Å². The molecule has 25 heavy (non-hydrogen) atoms. The zero-order valence-electron chi connectivity index (χ0n) is 13.1. The van der Waals surface area contributed by atoms with E-state index in [0.29, 0.717) is 10.8 Å². The molecule has 7 heteroatoms. The van der Waals surface area contributed by atoms with Crippen LogP contribution in [0.5, 0.6) is 0 Å². The maximum atomic E-state index is 13.0. The number of anilines is 1. The van der Waals surface area contributed by atoms with Crippen LogP contribution in [-0.2, 0) is 6.18 Å². The van der Waals surface area contributed by atoms with Crippen LogP contribution in [0, 0.1) is 6.92 Å². The highest BCUT2D eigenvalue weighted by atomic mass is 35.5. The number of nitrogens with one attached hydrogen (secondary N) is 1. The van der Waals surface area contributed by atoms with Gasteiger partial charge in [0.2, 0.25) is 0 Å². The second-order valence-electron chi connectivity index (χ2n) is 5.44. The quantitative estimate of drug-likeness (QED) is 0.481. The van der Waals surface area contributed by atoms with Crippen molar-refractivity contribution in [1.82, 2.24) is 4.98 Å². The van der Waals surface area contributed by atoms with Gasteiger partial charge in [-0.2, -0.15) is 18.3 Å². The van der Waals surface area contributed by atoms with Gasteiger partial charge in [-0.15, -0.1) is 0 Å². The Morgan fingerprint density at radius 1 is 1.12 bits per heavy atom. The molecule has 1 N–H and O–H groups in total. The topological polar surface area (TPSA) is 37.3 Å². The van der Waals surface area contributed by atoms with E-state index in [2.05, 4.69) is 15.5 Å². The number of pyridine rings is 1. The fraction of sp³-hybridized carbons (Fsp3) is 0.111. The highest BCUT2D eigenvalue weighted by Crippen LogP contribution is 2.31. The summed E-state index contributed by atoms with van der Waals surface area (Å²) in [6, 6.07) is 12.3. The van der Waals surface area contributed by atoms with Crippen molar-refractivity contribution in [2.45, 2.75) is 13.1 Å². The van der Waals surface area contributed by atoms with Crippen LogP contribution >= 0.6 is 11.6 Å². The minimum absolute atomic E-state index is 0.0215. The zero-order valence-corrected chi connectivity index (χ0v) is 13.9. The number of alkyl halides is 3. The third kappa shape index (κ3) is 3.91. The zero-order chi connectivity index (χ0) is 18.0. The number of halogens is 4. The molecule has 0 aliphatic carbocycles. The van der Waals surface area contributed by atoms with Crippen molar-refractivity contribution in [3.8, 4) is 0 Å². The second-order valence-corrected chi connectivity index (χ2v) is 5.88. The van der Waals surface area contributed by atoms with E-state index >= 15 is 0 Å². The van der Waals surface area contributed by atoms with Crippen molar-refractivity contribution in [2.75, 3.05) is 5.43 Å². The normalized spacial score (nSPS) is 12.0. The van der Waals surface area contributed by atoms with Crippen LogP contribution in [0.1, 0.15) is 16.7 Å². The van der Waals surface area contributed by atoms with Gasteiger partial charge in [-0.3, -0.25) is 5.43 Å². The van der Waals surface area contributed by atoms with Crippen molar-refractivity contribution >= 4 is 34.5 Å². The first-order valence-corrected chi connectivity index (χ1v) is 7.74. The Morgan fingerprint density at radius 2 is 1.88 bits per heavy atom. The minimum Gasteiger partial charge on any atom is -0.261 e. The number of hydrazone groups is 1. The monoisotopic (exact) mass is 363 g/mol. The van der Waals surface area contributed by atoms with Crippen molar-refractivity contribution in [3.63, 3.8) is 0 Å². The van der Waals surface area contributed by atoms with Gasteiger partial charge < -0.3 is 0 Å². The Kier molecular flexibility index (Phi) is 4.63. The first-order chi connectivity index (χ1) is 11.8. The van der Waals surface area contributed by atoms with Gasteiger partial charge in [0, 0.05) is 16.0 Å². The van der Waals surface area contributed by atoms with Gasteiger partial charge in [0.1, 0.15) is 5.82 Å². The Morgan fingerprint density at radius 3 is 2.64 bits per heavy atom. The Bertz CT molecular complexity index is 952. The van der Waals surface area contributed by atoms with E-state index in [0.717, 1.165) is 28.7 Å². The highest BCUT2D eigenvalue weighted by Gasteiger charge is 2.32. The molecule has 128 valence electrons. The third-order valence-electron chi connectivity index (χ3n) is 3.63. The summed E-state index contributed by atoms with van der Waals surface area (Å²) >= 11 is 5.97. The SMILES string of the molecule is Cc1cc(N/N=C/c2ccccc2C(F)(F)F)nc2ccc(Cl)cc12. The predicted molar refractivity (Wildman–Crippen MR) is 94.2 cm³/mol. The molecule has 0 atom stereocenters. The number of aryl methyl sites for hydroxylation is 1. The van der Waals surface area contributed by atoms with Gasteiger partial charge in [0.15, 0.2) is 0 Å². The molecule has 0 amide bonds. The van der Waals surface area contributed by atoms with Gasteiger partial charge in [0.05, 0.1) is 17.3 Å². The molecule has 0 unspecified atom stereocenters. The predicted octanol–water partition coefficient (Wildman–Crippen LogP) is 5.66. The lowest BCUT2D eigenvalue weighted by molar-refractivity contribution is -0.137. The van der Waals surface area contributed by atoms with E-state index in [-0.39, 0.29) is 5.56 Å². The molecule has 0 fully saturated rings. The molecule has 3 rings (SSSR count). The Hall–Kier alpha value is -2.60. The van der Waals surface area contributed by atoms with E-state index in [1.165, 1.54) is 18.2 Å². The number of aromatic nitrogens is 1. The molecular weight excluding hydrogens is 351 g/mol. The maximum Gasteiger partial charge on any atom is 0.417 e. The smallest absolute Gasteiger partial charge is 0.261 e. The molecule has 0 aliphatic heterocycles. The average molecular weight is 364 g/mol. The highest BCUT2D eigenvalue weighted by molar-refractivity contribution is 6.31. The standard InChI is InChI=1S/C18H13ClF3N3/c1-11-8-17(24-16-7-6-13(19)9-14(11)16)25-23-10-12-4-2-3-5-15(12)18(20,21)22/h2-10H,1H3,(H,24,25)/b23-10+. The van der Waals surface area contributed by atoms with Crippen molar-refractivity contribution in [2.24, 2.45) is 5.10 Å². The van der Waals surface area contributed by atoms with Crippen LogP contribution in [-0.4, -0.2) is 11.2 Å². The lowest BCUT2D eigenvalue weighted by atomic mass is 10.1. The molecule has 0 aliphatic rings. The van der Waals surface area contributed by atoms with Gasteiger partial charge in [-0.25, -0.2) is 4.98 Å². The number of benzene rings is 2. The van der Waals surface area contributed by atoms with Gasteiger partial charge in [-0.1, -0.05) is 29.8 Å². The van der Waals surface area contributed by atoms with Gasteiger partial charge >= 0.3 is 6.18 Å². The molecule has 0 saturated carbocycles. The first-order valence-electron chi connectivity index (χ1n) is 7.37. The third-order valence-corrected chi connectivity index (χ3v) is 3.86. The molecular formula is C18H13ClF3N3. The summed E-state index contributed by atoms with van der Waals surface area (Å²) in [5.41, 5.74) is 3.57. The molecule has 0 saturated heterocycles. The molecule has 0 bridgehead atoms. The summed E-state index contributed by atoms with van der Waals surface area (Å²) in [6.07, 6.45) is -3.30. The van der Waals surface area contributed by atoms with Crippen LogP contribution in [0.3, 0.4) is 0 Å². The van der Waals surface area contributed by atoms with Crippen molar-refractivity contribution < 1.29 is 13.2 Å². The number of nitrogens with zero attached hydrogens (tertiary/aromatic N) is 2. The lowest BCUT2D eigenvalue weighted by Gasteiger charge is -2.09. The van der Waals surface area contributed by atoms with Crippen molar-refractivity contribution in [1.29, 1.82) is 0 Å². The molecule has 3 nitrogen and oxygen atoms in total. The van der Waals surface area contributed by atoms with Gasteiger partial charge in [0.25, 0.3) is 0 Å². The van der Waals surface area contributed by atoms with Crippen LogP contribution in [0.2, 0.25) is 5.02 Å². The summed E-state index contributed by atoms with van der Waals surface area (Å²) in [5.74, 6) is 0.438. The second kappa shape index (κ2) is 6.72. The van der Waals surface area contributed by atoms with Gasteiger partial charge in [-0.05, 0) is 42.8 Å². The average Bonchev–Trinajstić information content (AvgIpc) is 2.55. The summed E-state index contributed by atoms with van der Waals surface area (Å²) in [6.45, 7) is 1.90. The summed E-state index contributed by atoms with van der Waals surface area (Å²) in [5, 5.41) is 5.41. The van der Waals surface area contributed by atoms with Crippen LogP contribution in [0.15, 0.2) is 53.6 Å². The van der Waals surface area contributed by atoms with Crippen LogP contribution in [0.4, 0.5) is 19.0 Å². The molecule has 3 aromatic rings. The molecule has 1 aromatic heterocycles. The largest absolute Gasteiger partial charge is 0.417 e. The van der Waals surface area contributed by atoms with Crippen molar-refractivity contribution in [3.05, 3.63) is 70.2 Å². The molecule has 0 spiro atoms.